The van der Waals surface area contributed by atoms with E-state index in [1.165, 1.54) is 10.5 Å². The van der Waals surface area contributed by atoms with Crippen LogP contribution in [0.4, 0.5) is 4.79 Å². The number of hydrogen-bond acceptors (Lipinski definition) is 5. The van der Waals surface area contributed by atoms with Crippen molar-refractivity contribution in [3.63, 3.8) is 0 Å². The molecular weight excluding hydrogens is 384 g/mol. The second-order valence-corrected chi connectivity index (χ2v) is 9.19. The first-order valence-electron chi connectivity index (χ1n) is 10.4. The molecule has 0 spiro atoms. The highest BCUT2D eigenvalue weighted by Crippen LogP contribution is 2.26. The molecule has 0 N–H and O–H groups in total. The van der Waals surface area contributed by atoms with Crippen LogP contribution in [0.3, 0.4) is 0 Å². The monoisotopic (exact) mass is 418 g/mol. The van der Waals surface area contributed by atoms with E-state index in [0.717, 1.165) is 12.0 Å². The van der Waals surface area contributed by atoms with Crippen LogP contribution < -0.4 is 0 Å². The third-order valence-corrected chi connectivity index (χ3v) is 5.00. The molecule has 0 atom stereocenters. The van der Waals surface area contributed by atoms with Gasteiger partial charge in [0.25, 0.3) is 0 Å². The number of carbonyl (C=O) groups is 3. The van der Waals surface area contributed by atoms with Crippen molar-refractivity contribution in [1.29, 1.82) is 0 Å². The van der Waals surface area contributed by atoms with Crippen molar-refractivity contribution in [2.45, 2.75) is 72.1 Å². The van der Waals surface area contributed by atoms with E-state index >= 15 is 0 Å². The maximum atomic E-state index is 13.1. The molecule has 0 fully saturated rings. The lowest BCUT2D eigenvalue weighted by Crippen LogP contribution is -2.54. The fourth-order valence-electron chi connectivity index (χ4n) is 3.46. The molecule has 1 heterocycles. The second kappa shape index (κ2) is 9.49. The van der Waals surface area contributed by atoms with Gasteiger partial charge in [-0.1, -0.05) is 24.3 Å². The average molecular weight is 419 g/mol. The number of carbonyl (C=O) groups excluding carboxylic acids is 3. The van der Waals surface area contributed by atoms with Crippen molar-refractivity contribution in [3.05, 3.63) is 35.4 Å². The third-order valence-electron chi connectivity index (χ3n) is 5.00. The maximum Gasteiger partial charge on any atom is 0.411 e. The molecule has 1 aliphatic rings. The van der Waals surface area contributed by atoms with Gasteiger partial charge in [0.15, 0.2) is 0 Å². The summed E-state index contributed by atoms with van der Waals surface area (Å²) >= 11 is 0. The Hall–Kier alpha value is -2.57. The first kappa shape index (κ1) is 23.7. The molecule has 0 bridgehead atoms. The van der Waals surface area contributed by atoms with Gasteiger partial charge in [0.2, 0.25) is 5.91 Å². The predicted molar refractivity (Wildman–Crippen MR) is 114 cm³/mol. The van der Waals surface area contributed by atoms with Crippen LogP contribution in [-0.2, 0) is 32.0 Å². The Labute approximate surface area is 179 Å². The Balaban J connectivity index is 2.15. The van der Waals surface area contributed by atoms with Gasteiger partial charge in [0, 0.05) is 19.5 Å². The van der Waals surface area contributed by atoms with Gasteiger partial charge in [-0.3, -0.25) is 14.5 Å². The van der Waals surface area contributed by atoms with Crippen LogP contribution in [0.5, 0.6) is 0 Å². The second-order valence-electron chi connectivity index (χ2n) is 9.19. The van der Waals surface area contributed by atoms with Gasteiger partial charge in [0.05, 0.1) is 12.1 Å². The van der Waals surface area contributed by atoms with Gasteiger partial charge in [-0.05, 0) is 59.1 Å². The summed E-state index contributed by atoms with van der Waals surface area (Å²) < 4.78 is 10.5. The number of nitrogens with zero attached hydrogens (tertiary/aromatic N) is 2. The molecule has 0 aromatic heterocycles. The lowest BCUT2D eigenvalue weighted by molar-refractivity contribution is -0.147. The van der Waals surface area contributed by atoms with Crippen molar-refractivity contribution in [2.75, 3.05) is 19.7 Å². The molecule has 0 saturated heterocycles. The summed E-state index contributed by atoms with van der Waals surface area (Å²) in [6.07, 6.45) is 0.242. The van der Waals surface area contributed by atoms with Crippen molar-refractivity contribution in [3.8, 4) is 0 Å². The lowest BCUT2D eigenvalue weighted by Gasteiger charge is -2.39. The zero-order chi connectivity index (χ0) is 22.5. The Morgan fingerprint density at radius 1 is 1.07 bits per heavy atom. The van der Waals surface area contributed by atoms with E-state index in [2.05, 4.69) is 6.07 Å². The van der Waals surface area contributed by atoms with Crippen molar-refractivity contribution < 1.29 is 23.9 Å². The molecular formula is C23H34N2O5. The van der Waals surface area contributed by atoms with Gasteiger partial charge >= 0.3 is 12.1 Å². The van der Waals surface area contributed by atoms with Crippen LogP contribution in [0.2, 0.25) is 0 Å². The van der Waals surface area contributed by atoms with Gasteiger partial charge < -0.3 is 14.4 Å². The summed E-state index contributed by atoms with van der Waals surface area (Å²) in [5.74, 6) is -0.595. The fourth-order valence-corrected chi connectivity index (χ4v) is 3.46. The number of hydrogen-bond donors (Lipinski definition) is 0. The van der Waals surface area contributed by atoms with E-state index in [0.29, 0.717) is 13.1 Å². The van der Waals surface area contributed by atoms with Crippen LogP contribution in [0.25, 0.3) is 0 Å². The molecule has 30 heavy (non-hydrogen) atoms. The van der Waals surface area contributed by atoms with Gasteiger partial charge in [-0.2, -0.15) is 0 Å². The highest BCUT2D eigenvalue weighted by molar-refractivity contribution is 5.81. The number of esters is 1. The topological polar surface area (TPSA) is 76.1 Å². The van der Waals surface area contributed by atoms with E-state index < -0.39 is 23.2 Å². The van der Waals surface area contributed by atoms with Crippen LogP contribution in [-0.4, -0.2) is 58.6 Å². The van der Waals surface area contributed by atoms with E-state index in [-0.39, 0.29) is 25.5 Å². The third kappa shape index (κ3) is 6.47. The predicted octanol–water partition coefficient (Wildman–Crippen LogP) is 3.54. The van der Waals surface area contributed by atoms with E-state index in [9.17, 15) is 14.4 Å². The molecule has 7 nitrogen and oxygen atoms in total. The first-order chi connectivity index (χ1) is 13.9. The molecule has 0 saturated carbocycles. The normalized spacial score (nSPS) is 14.0. The zero-order valence-electron chi connectivity index (χ0n) is 19.0. The van der Waals surface area contributed by atoms with E-state index in [1.54, 1.807) is 41.5 Å². The van der Waals surface area contributed by atoms with E-state index in [1.807, 2.05) is 23.1 Å². The van der Waals surface area contributed by atoms with Crippen molar-refractivity contribution in [1.82, 2.24) is 9.80 Å². The quantitative estimate of drug-likeness (QED) is 0.661. The summed E-state index contributed by atoms with van der Waals surface area (Å²) in [4.78, 5) is 41.1. The summed E-state index contributed by atoms with van der Waals surface area (Å²) in [7, 11) is 0. The minimum atomic E-state index is -0.927. The fraction of sp³-hybridized carbons (Fsp3) is 0.609. The van der Waals surface area contributed by atoms with E-state index in [4.69, 9.17) is 9.47 Å². The Kier molecular flexibility index (Phi) is 7.50. The molecule has 7 heteroatoms. The Morgan fingerprint density at radius 2 is 1.70 bits per heavy atom. The highest BCUT2D eigenvalue weighted by Gasteiger charge is 2.38. The highest BCUT2D eigenvalue weighted by atomic mass is 16.6. The van der Waals surface area contributed by atoms with Gasteiger partial charge in [-0.15, -0.1) is 0 Å². The Morgan fingerprint density at radius 3 is 2.30 bits per heavy atom. The number of amides is 2. The number of fused-ring (bicyclic) bond motifs is 1. The maximum absolute atomic E-state index is 13.1. The average Bonchev–Trinajstić information content (AvgIpc) is 2.64. The smallest absolute Gasteiger partial charge is 0.411 e. The number of ether oxygens (including phenoxy) is 2. The molecule has 2 rings (SSSR count). The molecule has 0 radical (unpaired) electrons. The number of rotatable bonds is 6. The SMILES string of the molecule is CCOC(=O)CN(C(=O)OC(C)(C)C)C(C)(C)CC(=O)N1CCc2ccccc2C1. The van der Waals surface area contributed by atoms with Crippen molar-refractivity contribution in [2.24, 2.45) is 0 Å². The summed E-state index contributed by atoms with van der Waals surface area (Å²) in [6.45, 7) is 11.7. The standard InChI is InChI=1S/C23H34N2O5/c1-7-29-20(27)16-25(21(28)30-22(2,3)4)23(5,6)14-19(26)24-13-12-17-10-8-9-11-18(17)15-24/h8-11H,7,12-16H2,1-6H3. The number of benzene rings is 1. The van der Waals surface area contributed by atoms with Crippen LogP contribution in [0, 0.1) is 0 Å². The zero-order valence-corrected chi connectivity index (χ0v) is 19.0. The van der Waals surface area contributed by atoms with Crippen LogP contribution >= 0.6 is 0 Å². The molecule has 1 aliphatic heterocycles. The minimum Gasteiger partial charge on any atom is -0.465 e. The molecule has 1 aromatic rings. The molecule has 166 valence electrons. The largest absolute Gasteiger partial charge is 0.465 e. The summed E-state index contributed by atoms with van der Waals surface area (Å²) in [5, 5.41) is 0. The summed E-state index contributed by atoms with van der Waals surface area (Å²) in [6, 6.07) is 8.10. The molecule has 2 amide bonds. The molecule has 0 unspecified atom stereocenters. The first-order valence-corrected chi connectivity index (χ1v) is 10.4. The Bertz CT molecular complexity index is 782. The lowest BCUT2D eigenvalue weighted by atomic mass is 9.95. The van der Waals surface area contributed by atoms with Crippen molar-refractivity contribution >= 4 is 18.0 Å². The summed E-state index contributed by atoms with van der Waals surface area (Å²) in [5.41, 5.74) is 0.757. The molecule has 0 aliphatic carbocycles. The van der Waals surface area contributed by atoms with Gasteiger partial charge in [0.1, 0.15) is 12.1 Å². The van der Waals surface area contributed by atoms with Gasteiger partial charge in [-0.25, -0.2) is 4.79 Å². The van der Waals surface area contributed by atoms with Crippen LogP contribution in [0.1, 0.15) is 59.1 Å². The molecule has 1 aromatic carbocycles. The minimum absolute atomic E-state index is 0.0630. The van der Waals surface area contributed by atoms with Crippen LogP contribution in [0.15, 0.2) is 24.3 Å².